The normalized spacial score (nSPS) is 11.5. The highest BCUT2D eigenvalue weighted by Crippen LogP contribution is 2.24. The van der Waals surface area contributed by atoms with E-state index in [0.29, 0.717) is 5.69 Å². The summed E-state index contributed by atoms with van der Waals surface area (Å²) in [6, 6.07) is 3.04. The summed E-state index contributed by atoms with van der Waals surface area (Å²) in [5, 5.41) is 0. The van der Waals surface area contributed by atoms with E-state index in [4.69, 9.17) is 5.73 Å². The van der Waals surface area contributed by atoms with Crippen LogP contribution in [0.1, 0.15) is 11.3 Å². The van der Waals surface area contributed by atoms with Crippen molar-refractivity contribution in [1.29, 1.82) is 0 Å². The van der Waals surface area contributed by atoms with Crippen LogP contribution in [0.2, 0.25) is 0 Å². The molecule has 0 atom stereocenters. The SMILES string of the molecule is Cc1ccc(CN)c(OC(F)(F)F)n1. The Balaban J connectivity index is 2.99. The second-order valence-electron chi connectivity index (χ2n) is 2.67. The molecule has 0 saturated heterocycles. The maximum absolute atomic E-state index is 11.9. The molecule has 0 radical (unpaired) electrons. The lowest BCUT2D eigenvalue weighted by atomic mass is 10.2. The molecule has 1 aromatic rings. The number of alkyl halides is 3. The second kappa shape index (κ2) is 3.83. The quantitative estimate of drug-likeness (QED) is 0.801. The second-order valence-corrected chi connectivity index (χ2v) is 2.67. The van der Waals surface area contributed by atoms with Crippen LogP contribution >= 0.6 is 0 Å². The number of hydrogen-bond donors (Lipinski definition) is 1. The summed E-state index contributed by atoms with van der Waals surface area (Å²) in [6.07, 6.45) is -4.73. The molecule has 0 aliphatic heterocycles. The highest BCUT2D eigenvalue weighted by atomic mass is 19.4. The van der Waals surface area contributed by atoms with Crippen molar-refractivity contribution in [2.24, 2.45) is 5.73 Å². The number of nitrogens with two attached hydrogens (primary N) is 1. The first-order valence-corrected chi connectivity index (χ1v) is 3.84. The van der Waals surface area contributed by atoms with Gasteiger partial charge in [0, 0.05) is 17.8 Å². The number of ether oxygens (including phenoxy) is 1. The van der Waals surface area contributed by atoms with Gasteiger partial charge in [-0.2, -0.15) is 0 Å². The van der Waals surface area contributed by atoms with Gasteiger partial charge in [-0.25, -0.2) is 4.98 Å². The number of nitrogens with zero attached hydrogens (tertiary/aromatic N) is 1. The maximum Gasteiger partial charge on any atom is 0.574 e. The number of aromatic nitrogens is 1. The lowest BCUT2D eigenvalue weighted by Crippen LogP contribution is -2.19. The van der Waals surface area contributed by atoms with E-state index in [2.05, 4.69) is 9.72 Å². The van der Waals surface area contributed by atoms with Gasteiger partial charge >= 0.3 is 6.36 Å². The third-order valence-electron chi connectivity index (χ3n) is 1.51. The van der Waals surface area contributed by atoms with Crippen LogP contribution in [0.5, 0.6) is 5.88 Å². The Morgan fingerprint density at radius 3 is 2.57 bits per heavy atom. The molecule has 1 aromatic heterocycles. The van der Waals surface area contributed by atoms with Gasteiger partial charge in [0.25, 0.3) is 0 Å². The summed E-state index contributed by atoms with van der Waals surface area (Å²) in [6.45, 7) is 1.53. The average molecular weight is 206 g/mol. The predicted molar refractivity (Wildman–Crippen MR) is 43.5 cm³/mol. The molecule has 0 spiro atoms. The van der Waals surface area contributed by atoms with E-state index in [1.165, 1.54) is 6.07 Å². The highest BCUT2D eigenvalue weighted by molar-refractivity contribution is 5.27. The minimum Gasteiger partial charge on any atom is -0.388 e. The first-order valence-electron chi connectivity index (χ1n) is 3.84. The molecular formula is C8H9F3N2O. The van der Waals surface area contributed by atoms with Crippen molar-refractivity contribution in [3.8, 4) is 5.88 Å². The van der Waals surface area contributed by atoms with Gasteiger partial charge in [0.1, 0.15) is 0 Å². The zero-order valence-corrected chi connectivity index (χ0v) is 7.43. The Labute approximate surface area is 78.7 Å². The molecule has 6 heteroatoms. The minimum absolute atomic E-state index is 0.0430. The van der Waals surface area contributed by atoms with E-state index in [1.54, 1.807) is 13.0 Å². The first-order chi connectivity index (χ1) is 6.42. The molecule has 3 nitrogen and oxygen atoms in total. The fourth-order valence-electron chi connectivity index (χ4n) is 0.915. The van der Waals surface area contributed by atoms with E-state index in [9.17, 15) is 13.2 Å². The topological polar surface area (TPSA) is 48.1 Å². The van der Waals surface area contributed by atoms with Crippen LogP contribution in [-0.4, -0.2) is 11.3 Å². The molecule has 0 unspecified atom stereocenters. The van der Waals surface area contributed by atoms with Crippen molar-refractivity contribution in [2.75, 3.05) is 0 Å². The molecule has 14 heavy (non-hydrogen) atoms. The van der Waals surface area contributed by atoms with Gasteiger partial charge in [0.2, 0.25) is 5.88 Å². The van der Waals surface area contributed by atoms with Crippen LogP contribution in [0, 0.1) is 6.92 Å². The Kier molecular flexibility index (Phi) is 2.95. The van der Waals surface area contributed by atoms with Crippen LogP contribution < -0.4 is 10.5 Å². The van der Waals surface area contributed by atoms with Gasteiger partial charge in [-0.1, -0.05) is 6.07 Å². The monoisotopic (exact) mass is 206 g/mol. The van der Waals surface area contributed by atoms with Gasteiger partial charge < -0.3 is 10.5 Å². The Bertz CT molecular complexity index is 325. The lowest BCUT2D eigenvalue weighted by molar-refractivity contribution is -0.276. The van der Waals surface area contributed by atoms with Crippen molar-refractivity contribution >= 4 is 0 Å². The summed E-state index contributed by atoms with van der Waals surface area (Å²) < 4.78 is 39.4. The molecule has 0 amide bonds. The van der Waals surface area contributed by atoms with Crippen LogP contribution in [0.3, 0.4) is 0 Å². The van der Waals surface area contributed by atoms with Gasteiger partial charge in [-0.05, 0) is 13.0 Å². The van der Waals surface area contributed by atoms with Crippen LogP contribution in [0.15, 0.2) is 12.1 Å². The third-order valence-corrected chi connectivity index (χ3v) is 1.51. The highest BCUT2D eigenvalue weighted by Gasteiger charge is 2.32. The number of rotatable bonds is 2. The van der Waals surface area contributed by atoms with Crippen molar-refractivity contribution in [3.05, 3.63) is 23.4 Å². The molecule has 1 heterocycles. The zero-order chi connectivity index (χ0) is 10.8. The fraction of sp³-hybridized carbons (Fsp3) is 0.375. The molecule has 0 fully saturated rings. The molecule has 0 aliphatic carbocycles. The summed E-state index contributed by atoms with van der Waals surface area (Å²) in [7, 11) is 0. The van der Waals surface area contributed by atoms with Crippen molar-refractivity contribution in [1.82, 2.24) is 4.98 Å². The molecule has 0 bridgehead atoms. The maximum atomic E-state index is 11.9. The average Bonchev–Trinajstić information content (AvgIpc) is 2.01. The van der Waals surface area contributed by atoms with Gasteiger partial charge in [-0.15, -0.1) is 13.2 Å². The van der Waals surface area contributed by atoms with Crippen molar-refractivity contribution in [3.63, 3.8) is 0 Å². The van der Waals surface area contributed by atoms with Gasteiger partial charge in [-0.3, -0.25) is 0 Å². The number of aryl methyl sites for hydroxylation is 1. The smallest absolute Gasteiger partial charge is 0.388 e. The molecule has 0 saturated carbocycles. The Morgan fingerprint density at radius 2 is 2.07 bits per heavy atom. The largest absolute Gasteiger partial charge is 0.574 e. The molecule has 0 aliphatic rings. The standard InChI is InChI=1S/C8H9F3N2O/c1-5-2-3-6(4-12)7(13-5)14-8(9,10)11/h2-3H,4,12H2,1H3. The summed E-state index contributed by atoms with van der Waals surface area (Å²) in [5.74, 6) is -0.472. The van der Waals surface area contributed by atoms with Gasteiger partial charge in [0.15, 0.2) is 0 Å². The summed E-state index contributed by atoms with van der Waals surface area (Å²) in [4.78, 5) is 3.61. The molecule has 0 aromatic carbocycles. The van der Waals surface area contributed by atoms with E-state index in [1.807, 2.05) is 0 Å². The molecule has 1 rings (SSSR count). The Hall–Kier alpha value is -1.30. The van der Waals surface area contributed by atoms with Crippen LogP contribution in [0.4, 0.5) is 13.2 Å². The fourth-order valence-corrected chi connectivity index (χ4v) is 0.915. The third kappa shape index (κ3) is 2.88. The molecule has 78 valence electrons. The number of hydrogen-bond acceptors (Lipinski definition) is 3. The van der Waals surface area contributed by atoms with Crippen LogP contribution in [0.25, 0.3) is 0 Å². The van der Waals surface area contributed by atoms with Crippen LogP contribution in [-0.2, 0) is 6.54 Å². The summed E-state index contributed by atoms with van der Waals surface area (Å²) >= 11 is 0. The molecular weight excluding hydrogens is 197 g/mol. The Morgan fingerprint density at radius 1 is 1.43 bits per heavy atom. The number of halogens is 3. The lowest BCUT2D eigenvalue weighted by Gasteiger charge is -2.11. The summed E-state index contributed by atoms with van der Waals surface area (Å²) in [5.41, 5.74) is 5.91. The van der Waals surface area contributed by atoms with Crippen molar-refractivity contribution < 1.29 is 17.9 Å². The van der Waals surface area contributed by atoms with E-state index < -0.39 is 12.2 Å². The van der Waals surface area contributed by atoms with E-state index in [-0.39, 0.29) is 12.1 Å². The first kappa shape index (κ1) is 10.8. The van der Waals surface area contributed by atoms with Crippen molar-refractivity contribution in [2.45, 2.75) is 19.8 Å². The predicted octanol–water partition coefficient (Wildman–Crippen LogP) is 1.75. The van der Waals surface area contributed by atoms with Gasteiger partial charge in [0.05, 0.1) is 0 Å². The van der Waals surface area contributed by atoms with E-state index >= 15 is 0 Å². The number of pyridine rings is 1. The zero-order valence-electron chi connectivity index (χ0n) is 7.43. The van der Waals surface area contributed by atoms with E-state index in [0.717, 1.165) is 0 Å². The minimum atomic E-state index is -4.73. The molecule has 2 N–H and O–H groups in total.